The molecule has 1 aromatic heterocycles. The van der Waals surface area contributed by atoms with Gasteiger partial charge in [-0.2, -0.15) is 11.3 Å². The molecule has 0 aliphatic rings. The molecule has 0 aromatic carbocycles. The number of nitrogens with one attached hydrogen (secondary N) is 2. The van der Waals surface area contributed by atoms with Gasteiger partial charge in [-0.15, -0.1) is 0 Å². The summed E-state index contributed by atoms with van der Waals surface area (Å²) >= 11 is 1.69. The Morgan fingerprint density at radius 2 is 2.14 bits per heavy atom. The number of hydrogen-bond acceptors (Lipinski definition) is 3. The summed E-state index contributed by atoms with van der Waals surface area (Å²) in [5.41, 5.74) is 0.781. The zero-order valence-corrected chi connectivity index (χ0v) is 14.4. The first-order valence-corrected chi connectivity index (χ1v) is 8.06. The van der Waals surface area contributed by atoms with Gasteiger partial charge in [0.15, 0.2) is 5.96 Å². The molecule has 0 fully saturated rings. The van der Waals surface area contributed by atoms with Gasteiger partial charge in [-0.05, 0) is 43.2 Å². The maximum Gasteiger partial charge on any atom is 0.227 e. The van der Waals surface area contributed by atoms with Gasteiger partial charge in [-0.1, -0.05) is 0 Å². The maximum absolute atomic E-state index is 12.0. The molecule has 21 heavy (non-hydrogen) atoms. The fourth-order valence-electron chi connectivity index (χ4n) is 1.90. The first-order chi connectivity index (χ1) is 9.90. The quantitative estimate of drug-likeness (QED) is 0.623. The Morgan fingerprint density at radius 1 is 1.43 bits per heavy atom. The molecule has 0 aliphatic heterocycles. The molecular formula is C15H26N4OS. The maximum atomic E-state index is 12.0. The van der Waals surface area contributed by atoms with Crippen LogP contribution in [0.5, 0.6) is 0 Å². The second-order valence-electron chi connectivity index (χ2n) is 5.63. The van der Waals surface area contributed by atoms with Crippen molar-refractivity contribution in [2.45, 2.75) is 27.3 Å². The van der Waals surface area contributed by atoms with E-state index in [0.717, 1.165) is 12.5 Å². The Bertz CT molecular complexity index is 468. The van der Waals surface area contributed by atoms with Gasteiger partial charge in [-0.25, -0.2) is 0 Å². The zero-order valence-electron chi connectivity index (χ0n) is 13.6. The van der Waals surface area contributed by atoms with Gasteiger partial charge in [0.05, 0.1) is 5.41 Å². The topological polar surface area (TPSA) is 56.7 Å². The highest BCUT2D eigenvalue weighted by atomic mass is 32.1. The fourth-order valence-corrected chi connectivity index (χ4v) is 2.56. The lowest BCUT2D eigenvalue weighted by atomic mass is 9.92. The summed E-state index contributed by atoms with van der Waals surface area (Å²) in [6, 6.07) is 2.10. The van der Waals surface area contributed by atoms with E-state index in [-0.39, 0.29) is 5.91 Å². The Labute approximate surface area is 131 Å². The molecule has 0 saturated carbocycles. The summed E-state index contributed by atoms with van der Waals surface area (Å²) in [6.45, 7) is 7.77. The van der Waals surface area contributed by atoms with Crippen molar-refractivity contribution in [3.8, 4) is 0 Å². The van der Waals surface area contributed by atoms with Gasteiger partial charge in [0.2, 0.25) is 5.91 Å². The molecule has 2 N–H and O–H groups in total. The van der Waals surface area contributed by atoms with E-state index in [1.54, 1.807) is 18.4 Å². The minimum Gasteiger partial charge on any atom is -0.356 e. The molecule has 1 rings (SSSR count). The van der Waals surface area contributed by atoms with Crippen LogP contribution in [-0.4, -0.2) is 44.0 Å². The van der Waals surface area contributed by atoms with E-state index in [9.17, 15) is 4.79 Å². The number of aliphatic imine (C=N–C) groups is 1. The predicted molar refractivity (Wildman–Crippen MR) is 89.6 cm³/mol. The van der Waals surface area contributed by atoms with Crippen molar-refractivity contribution in [3.63, 3.8) is 0 Å². The van der Waals surface area contributed by atoms with Crippen LogP contribution in [0.1, 0.15) is 26.3 Å². The third-order valence-corrected chi connectivity index (χ3v) is 3.95. The molecule has 0 atom stereocenters. The van der Waals surface area contributed by atoms with Gasteiger partial charge < -0.3 is 15.5 Å². The average molecular weight is 310 g/mol. The number of carbonyl (C=O) groups excluding carboxylic acids is 1. The first kappa shape index (κ1) is 17.5. The lowest BCUT2D eigenvalue weighted by Crippen LogP contribution is -2.48. The standard InChI is InChI=1S/C15H26N4OS/c1-6-17-13(20)15(2,3)11-18-14(16-4)19(5)9-12-7-8-21-10-12/h7-8,10H,6,9,11H2,1-5H3,(H,16,18)(H,17,20). The second kappa shape index (κ2) is 8.02. The average Bonchev–Trinajstić information content (AvgIpc) is 2.92. The minimum atomic E-state index is -0.477. The third-order valence-electron chi connectivity index (χ3n) is 3.21. The van der Waals surface area contributed by atoms with Crippen LogP contribution in [-0.2, 0) is 11.3 Å². The molecule has 0 aliphatic carbocycles. The molecule has 0 spiro atoms. The van der Waals surface area contributed by atoms with Gasteiger partial charge in [0.25, 0.3) is 0 Å². The number of rotatable bonds is 6. The lowest BCUT2D eigenvalue weighted by molar-refractivity contribution is -0.128. The molecule has 118 valence electrons. The summed E-state index contributed by atoms with van der Waals surface area (Å²) in [7, 11) is 3.75. The number of hydrogen-bond donors (Lipinski definition) is 2. The van der Waals surface area contributed by atoms with Crippen LogP contribution in [0.15, 0.2) is 21.8 Å². The highest BCUT2D eigenvalue weighted by molar-refractivity contribution is 7.07. The van der Waals surface area contributed by atoms with Crippen molar-refractivity contribution in [2.24, 2.45) is 10.4 Å². The molecule has 0 bridgehead atoms. The van der Waals surface area contributed by atoms with Crippen LogP contribution in [0, 0.1) is 5.41 Å². The molecule has 0 saturated heterocycles. The smallest absolute Gasteiger partial charge is 0.227 e. The predicted octanol–water partition coefficient (Wildman–Crippen LogP) is 1.92. The van der Waals surface area contributed by atoms with E-state index in [1.165, 1.54) is 5.56 Å². The Hall–Kier alpha value is -1.56. The number of amides is 1. The molecule has 5 nitrogen and oxygen atoms in total. The van der Waals surface area contributed by atoms with E-state index < -0.39 is 5.41 Å². The number of nitrogens with zero attached hydrogens (tertiary/aromatic N) is 2. The van der Waals surface area contributed by atoms with Crippen molar-refractivity contribution in [3.05, 3.63) is 22.4 Å². The Kier molecular flexibility index (Phi) is 6.68. The van der Waals surface area contributed by atoms with Crippen molar-refractivity contribution in [2.75, 3.05) is 27.2 Å². The van der Waals surface area contributed by atoms with Gasteiger partial charge in [-0.3, -0.25) is 9.79 Å². The van der Waals surface area contributed by atoms with Crippen LogP contribution in [0.2, 0.25) is 0 Å². The number of carbonyl (C=O) groups is 1. The van der Waals surface area contributed by atoms with Gasteiger partial charge >= 0.3 is 0 Å². The highest BCUT2D eigenvalue weighted by Gasteiger charge is 2.27. The molecule has 6 heteroatoms. The van der Waals surface area contributed by atoms with E-state index >= 15 is 0 Å². The van der Waals surface area contributed by atoms with Crippen LogP contribution in [0.4, 0.5) is 0 Å². The normalized spacial score (nSPS) is 12.1. The zero-order chi connectivity index (χ0) is 15.9. The number of thiophene rings is 1. The molecule has 0 unspecified atom stereocenters. The van der Waals surface area contributed by atoms with E-state index in [1.807, 2.05) is 27.8 Å². The summed E-state index contributed by atoms with van der Waals surface area (Å²) in [6.07, 6.45) is 0. The van der Waals surface area contributed by atoms with Crippen molar-refractivity contribution in [1.82, 2.24) is 15.5 Å². The first-order valence-electron chi connectivity index (χ1n) is 7.12. The summed E-state index contributed by atoms with van der Waals surface area (Å²) in [4.78, 5) is 18.3. The SMILES string of the molecule is CCNC(=O)C(C)(C)CNC(=NC)N(C)Cc1ccsc1. The van der Waals surface area contributed by atoms with Crippen LogP contribution < -0.4 is 10.6 Å². The second-order valence-corrected chi connectivity index (χ2v) is 6.41. The minimum absolute atomic E-state index is 0.0495. The summed E-state index contributed by atoms with van der Waals surface area (Å²) in [5.74, 6) is 0.840. The van der Waals surface area contributed by atoms with Crippen LogP contribution >= 0.6 is 11.3 Å². The summed E-state index contributed by atoms with van der Waals surface area (Å²) in [5, 5.41) is 10.3. The Balaban J connectivity index is 2.56. The number of guanidine groups is 1. The van der Waals surface area contributed by atoms with Crippen molar-refractivity contribution >= 4 is 23.2 Å². The van der Waals surface area contributed by atoms with Crippen LogP contribution in [0.25, 0.3) is 0 Å². The van der Waals surface area contributed by atoms with Gasteiger partial charge in [0.1, 0.15) is 0 Å². The van der Waals surface area contributed by atoms with Crippen molar-refractivity contribution < 1.29 is 4.79 Å². The molecule has 0 radical (unpaired) electrons. The fraction of sp³-hybridized carbons (Fsp3) is 0.600. The van der Waals surface area contributed by atoms with Gasteiger partial charge in [0, 0.05) is 33.7 Å². The monoisotopic (exact) mass is 310 g/mol. The summed E-state index contributed by atoms with van der Waals surface area (Å²) < 4.78 is 0. The lowest BCUT2D eigenvalue weighted by Gasteiger charge is -2.27. The Morgan fingerprint density at radius 3 is 2.67 bits per heavy atom. The third kappa shape index (κ3) is 5.38. The van der Waals surface area contributed by atoms with E-state index in [4.69, 9.17) is 0 Å². The molecule has 1 amide bonds. The molecular weight excluding hydrogens is 284 g/mol. The molecule has 1 heterocycles. The van der Waals surface area contributed by atoms with Crippen LogP contribution in [0.3, 0.4) is 0 Å². The highest BCUT2D eigenvalue weighted by Crippen LogP contribution is 2.14. The molecule has 1 aromatic rings. The van der Waals surface area contributed by atoms with Crippen molar-refractivity contribution in [1.29, 1.82) is 0 Å². The van der Waals surface area contributed by atoms with E-state index in [2.05, 4.69) is 37.4 Å². The largest absolute Gasteiger partial charge is 0.356 e. The van der Waals surface area contributed by atoms with E-state index in [0.29, 0.717) is 13.1 Å².